The Kier molecular flexibility index (Phi) is 2.60. The summed E-state index contributed by atoms with van der Waals surface area (Å²) in [4.78, 5) is 0. The van der Waals surface area contributed by atoms with E-state index in [0.717, 1.165) is 0 Å². The predicted octanol–water partition coefficient (Wildman–Crippen LogP) is 1.62. The smallest absolute Gasteiger partial charge is 0.187 e. The number of methoxy groups -OCH3 is 1. The molecule has 2 unspecified atom stereocenters. The number of hydrogen-bond acceptors (Lipinski definition) is 2. The van der Waals surface area contributed by atoms with E-state index in [4.69, 9.17) is 27.9 Å². The first-order valence-corrected chi connectivity index (χ1v) is 3.82. The van der Waals surface area contributed by atoms with E-state index in [9.17, 15) is 5.11 Å². The Bertz CT molecular complexity index is 208. The third-order valence-corrected chi connectivity index (χ3v) is 2.03. The van der Waals surface area contributed by atoms with E-state index < -0.39 is 11.2 Å². The van der Waals surface area contributed by atoms with Crippen LogP contribution < -0.4 is 0 Å². The molecule has 2 atom stereocenters. The predicted molar refractivity (Wildman–Crippen MR) is 44.7 cm³/mol. The Morgan fingerprint density at radius 2 is 2.36 bits per heavy atom. The van der Waals surface area contributed by atoms with Gasteiger partial charge in [0.1, 0.15) is 6.10 Å². The molecule has 0 bridgehead atoms. The van der Waals surface area contributed by atoms with Crippen LogP contribution in [-0.2, 0) is 4.74 Å². The Morgan fingerprint density at radius 3 is 2.82 bits per heavy atom. The average Bonchev–Trinajstić information content (AvgIpc) is 1.94. The maximum Gasteiger partial charge on any atom is 0.187 e. The summed E-state index contributed by atoms with van der Waals surface area (Å²) in [5.41, 5.74) is 0. The van der Waals surface area contributed by atoms with Crippen LogP contribution in [0.5, 0.6) is 0 Å². The van der Waals surface area contributed by atoms with Crippen molar-refractivity contribution in [2.75, 3.05) is 7.11 Å². The topological polar surface area (TPSA) is 29.5 Å². The minimum Gasteiger partial charge on any atom is -0.373 e. The molecule has 1 N–H and O–H groups in total. The summed E-state index contributed by atoms with van der Waals surface area (Å²) in [6.45, 7) is 0. The Labute approximate surface area is 75.1 Å². The molecule has 0 aromatic heterocycles. The molecule has 0 fully saturated rings. The van der Waals surface area contributed by atoms with Crippen molar-refractivity contribution >= 4 is 23.2 Å². The molecule has 1 aliphatic carbocycles. The number of halogens is 2. The van der Waals surface area contributed by atoms with Gasteiger partial charge in [-0.15, -0.1) is 0 Å². The number of hydrogen-bond donors (Lipinski definition) is 1. The number of alkyl halides is 1. The lowest BCUT2D eigenvalue weighted by molar-refractivity contribution is 0.0154. The molecule has 11 heavy (non-hydrogen) atoms. The summed E-state index contributed by atoms with van der Waals surface area (Å²) in [5, 5.41) is 8.45. The fourth-order valence-electron chi connectivity index (χ4n) is 0.842. The Balaban J connectivity index is 2.84. The zero-order valence-corrected chi connectivity index (χ0v) is 7.43. The van der Waals surface area contributed by atoms with Gasteiger partial charge in [0.2, 0.25) is 0 Å². The van der Waals surface area contributed by atoms with Crippen LogP contribution in [0.2, 0.25) is 0 Å². The van der Waals surface area contributed by atoms with Gasteiger partial charge in [-0.1, -0.05) is 23.2 Å². The van der Waals surface area contributed by atoms with Crippen LogP contribution in [0.3, 0.4) is 0 Å². The van der Waals surface area contributed by atoms with Gasteiger partial charge < -0.3 is 9.84 Å². The maximum absolute atomic E-state index is 9.40. The molecular formula is C7H8Cl2O2. The molecule has 1 rings (SSSR count). The second kappa shape index (κ2) is 3.15. The van der Waals surface area contributed by atoms with Gasteiger partial charge in [0.25, 0.3) is 0 Å². The molecule has 62 valence electrons. The van der Waals surface area contributed by atoms with Crippen molar-refractivity contribution < 1.29 is 9.84 Å². The third-order valence-electron chi connectivity index (χ3n) is 1.44. The first-order chi connectivity index (χ1) is 5.06. The van der Waals surface area contributed by atoms with Crippen molar-refractivity contribution in [1.29, 1.82) is 0 Å². The van der Waals surface area contributed by atoms with Gasteiger partial charge in [0, 0.05) is 12.1 Å². The lowest BCUT2D eigenvalue weighted by Gasteiger charge is -2.26. The van der Waals surface area contributed by atoms with Gasteiger partial charge in [-0.2, -0.15) is 0 Å². The Morgan fingerprint density at radius 1 is 1.73 bits per heavy atom. The molecule has 0 saturated heterocycles. The molecule has 2 nitrogen and oxygen atoms in total. The lowest BCUT2D eigenvalue weighted by Crippen LogP contribution is -2.36. The number of allylic oxidation sites excluding steroid dienone is 2. The van der Waals surface area contributed by atoms with Crippen molar-refractivity contribution in [3.63, 3.8) is 0 Å². The zero-order valence-electron chi connectivity index (χ0n) is 5.92. The maximum atomic E-state index is 9.40. The highest BCUT2D eigenvalue weighted by atomic mass is 35.5. The molecule has 0 aromatic carbocycles. The van der Waals surface area contributed by atoms with Crippen molar-refractivity contribution in [3.8, 4) is 0 Å². The van der Waals surface area contributed by atoms with Gasteiger partial charge in [-0.3, -0.25) is 0 Å². The SMILES string of the molecule is COC1C=C(Cl)C=CC1(O)Cl. The monoisotopic (exact) mass is 194 g/mol. The fraction of sp³-hybridized carbons (Fsp3) is 0.429. The minimum absolute atomic E-state index is 0.516. The highest BCUT2D eigenvalue weighted by Crippen LogP contribution is 2.28. The Hall–Kier alpha value is -0.0200. The van der Waals surface area contributed by atoms with Gasteiger partial charge in [-0.25, -0.2) is 0 Å². The quantitative estimate of drug-likeness (QED) is 0.644. The van der Waals surface area contributed by atoms with Crippen molar-refractivity contribution in [2.45, 2.75) is 11.2 Å². The highest BCUT2D eigenvalue weighted by Gasteiger charge is 2.32. The van der Waals surface area contributed by atoms with Gasteiger partial charge in [0.15, 0.2) is 5.06 Å². The molecule has 0 heterocycles. The third kappa shape index (κ3) is 1.97. The molecule has 0 amide bonds. The minimum atomic E-state index is -1.47. The second-order valence-electron chi connectivity index (χ2n) is 2.27. The highest BCUT2D eigenvalue weighted by molar-refractivity contribution is 6.32. The van der Waals surface area contributed by atoms with Crippen molar-refractivity contribution in [2.24, 2.45) is 0 Å². The molecule has 0 saturated carbocycles. The van der Waals surface area contributed by atoms with Gasteiger partial charge in [0.05, 0.1) is 0 Å². The fourth-order valence-corrected chi connectivity index (χ4v) is 1.23. The standard InChI is InChI=1S/C7H8Cl2O2/c1-11-6-4-5(8)2-3-7(6,9)10/h2-4,6,10H,1H3. The number of aliphatic hydroxyl groups is 1. The number of ether oxygens (including phenoxy) is 1. The summed E-state index contributed by atoms with van der Waals surface area (Å²) in [5.74, 6) is 0. The summed E-state index contributed by atoms with van der Waals surface area (Å²) in [6.07, 6.45) is 3.89. The summed E-state index contributed by atoms with van der Waals surface area (Å²) < 4.78 is 4.88. The zero-order chi connectivity index (χ0) is 8.48. The van der Waals surface area contributed by atoms with Crippen LogP contribution in [0, 0.1) is 0 Å². The largest absolute Gasteiger partial charge is 0.373 e. The van der Waals surface area contributed by atoms with E-state index in [1.54, 1.807) is 6.08 Å². The van der Waals surface area contributed by atoms with E-state index in [1.165, 1.54) is 19.3 Å². The number of rotatable bonds is 1. The molecule has 0 spiro atoms. The molecular weight excluding hydrogens is 187 g/mol. The van der Waals surface area contributed by atoms with E-state index in [-0.39, 0.29) is 0 Å². The first kappa shape index (κ1) is 9.07. The van der Waals surface area contributed by atoms with Gasteiger partial charge >= 0.3 is 0 Å². The average molecular weight is 195 g/mol. The lowest BCUT2D eigenvalue weighted by atomic mass is 10.1. The van der Waals surface area contributed by atoms with Crippen molar-refractivity contribution in [3.05, 3.63) is 23.3 Å². The molecule has 0 aliphatic heterocycles. The van der Waals surface area contributed by atoms with E-state index >= 15 is 0 Å². The molecule has 4 heteroatoms. The molecule has 0 radical (unpaired) electrons. The van der Waals surface area contributed by atoms with Crippen LogP contribution >= 0.6 is 23.2 Å². The van der Waals surface area contributed by atoms with E-state index in [2.05, 4.69) is 0 Å². The van der Waals surface area contributed by atoms with Crippen LogP contribution in [0.1, 0.15) is 0 Å². The van der Waals surface area contributed by atoms with Crippen LogP contribution in [0.25, 0.3) is 0 Å². The van der Waals surface area contributed by atoms with Crippen LogP contribution in [-0.4, -0.2) is 23.4 Å². The van der Waals surface area contributed by atoms with Crippen LogP contribution in [0.4, 0.5) is 0 Å². The summed E-state index contributed by atoms with van der Waals surface area (Å²) in [7, 11) is 1.46. The first-order valence-electron chi connectivity index (χ1n) is 3.07. The van der Waals surface area contributed by atoms with Crippen LogP contribution in [0.15, 0.2) is 23.3 Å². The second-order valence-corrected chi connectivity index (χ2v) is 3.31. The summed E-state index contributed by atoms with van der Waals surface area (Å²) >= 11 is 11.3. The van der Waals surface area contributed by atoms with Crippen molar-refractivity contribution in [1.82, 2.24) is 0 Å². The van der Waals surface area contributed by atoms with E-state index in [0.29, 0.717) is 5.03 Å². The van der Waals surface area contributed by atoms with Gasteiger partial charge in [-0.05, 0) is 18.2 Å². The van der Waals surface area contributed by atoms with E-state index in [1.807, 2.05) is 0 Å². The normalized spacial score (nSPS) is 37.1. The summed E-state index contributed by atoms with van der Waals surface area (Å²) in [6, 6.07) is 0. The molecule has 1 aliphatic rings. The molecule has 0 aromatic rings.